The Bertz CT molecular complexity index is 1280. The minimum Gasteiger partial charge on any atom is -0.437 e. The molecule has 1 amide bonds. The van der Waals surface area contributed by atoms with E-state index in [9.17, 15) is 18.0 Å². The molecule has 0 spiro atoms. The van der Waals surface area contributed by atoms with E-state index in [1.807, 2.05) is 0 Å². The lowest BCUT2D eigenvalue weighted by Crippen LogP contribution is -2.17. The summed E-state index contributed by atoms with van der Waals surface area (Å²) in [6, 6.07) is 19.3. The molecule has 33 heavy (non-hydrogen) atoms. The van der Waals surface area contributed by atoms with Gasteiger partial charge in [0.2, 0.25) is 5.69 Å². The van der Waals surface area contributed by atoms with Gasteiger partial charge in [-0.3, -0.25) is 4.79 Å². The Morgan fingerprint density at radius 2 is 1.64 bits per heavy atom. The number of alkyl halides is 3. The van der Waals surface area contributed by atoms with Gasteiger partial charge >= 0.3 is 6.18 Å². The first-order valence-corrected chi connectivity index (χ1v) is 9.89. The Hall–Kier alpha value is -3.98. The van der Waals surface area contributed by atoms with Crippen LogP contribution in [0.3, 0.4) is 0 Å². The number of aromatic nitrogens is 3. The number of hydrogen-bond donors (Lipinski definition) is 1. The van der Waals surface area contributed by atoms with Gasteiger partial charge in [-0.15, -0.1) is 10.2 Å². The molecule has 0 unspecified atom stereocenters. The molecule has 0 radical (unpaired) electrons. The van der Waals surface area contributed by atoms with Crippen LogP contribution >= 0.6 is 11.6 Å². The highest BCUT2D eigenvalue weighted by Crippen LogP contribution is 2.32. The summed E-state index contributed by atoms with van der Waals surface area (Å²) in [4.78, 5) is 17.0. The summed E-state index contributed by atoms with van der Waals surface area (Å²) < 4.78 is 45.1. The van der Waals surface area contributed by atoms with Crippen molar-refractivity contribution in [2.24, 2.45) is 0 Å². The molecule has 6 nitrogen and oxygen atoms in total. The average molecular weight is 471 g/mol. The average Bonchev–Trinajstić information content (AvgIpc) is 2.81. The fourth-order valence-electron chi connectivity index (χ4n) is 2.81. The van der Waals surface area contributed by atoms with E-state index in [0.717, 1.165) is 12.1 Å². The molecule has 1 N–H and O–H groups in total. The van der Waals surface area contributed by atoms with Crippen molar-refractivity contribution in [3.63, 3.8) is 0 Å². The monoisotopic (exact) mass is 470 g/mol. The van der Waals surface area contributed by atoms with Gasteiger partial charge in [0, 0.05) is 16.3 Å². The number of carbonyl (C=O) groups is 1. The molecule has 1 aromatic heterocycles. The molecule has 4 rings (SSSR count). The van der Waals surface area contributed by atoms with Gasteiger partial charge in [-0.1, -0.05) is 41.9 Å². The molecule has 166 valence electrons. The summed E-state index contributed by atoms with van der Waals surface area (Å²) >= 11 is 5.89. The van der Waals surface area contributed by atoms with Crippen LogP contribution in [-0.2, 0) is 6.18 Å². The van der Waals surface area contributed by atoms with Crippen molar-refractivity contribution in [2.45, 2.75) is 6.18 Å². The number of halogens is 4. The maximum absolute atomic E-state index is 13.1. The summed E-state index contributed by atoms with van der Waals surface area (Å²) in [6.45, 7) is 0. The van der Waals surface area contributed by atoms with Crippen molar-refractivity contribution in [3.05, 3.63) is 95.1 Å². The first kappa shape index (κ1) is 22.2. The molecule has 0 atom stereocenters. The van der Waals surface area contributed by atoms with Gasteiger partial charge in [0.25, 0.3) is 11.8 Å². The summed E-state index contributed by atoms with van der Waals surface area (Å²) in [7, 11) is 0. The number of nitrogens with zero attached hydrogens (tertiary/aromatic N) is 3. The Kier molecular flexibility index (Phi) is 6.23. The smallest absolute Gasteiger partial charge is 0.416 e. The van der Waals surface area contributed by atoms with Crippen LogP contribution in [0.4, 0.5) is 18.9 Å². The Balaban J connectivity index is 1.73. The van der Waals surface area contributed by atoms with E-state index in [1.165, 1.54) is 12.1 Å². The second-order valence-corrected chi connectivity index (χ2v) is 7.18. The highest BCUT2D eigenvalue weighted by molar-refractivity contribution is 6.30. The molecule has 0 saturated heterocycles. The molecule has 1 heterocycles. The van der Waals surface area contributed by atoms with Crippen LogP contribution in [0.5, 0.6) is 11.6 Å². The van der Waals surface area contributed by atoms with Crippen LogP contribution in [0.25, 0.3) is 11.4 Å². The number of nitrogens with one attached hydrogen (secondary N) is 1. The molecule has 3 aromatic carbocycles. The van der Waals surface area contributed by atoms with Crippen molar-refractivity contribution >= 4 is 23.2 Å². The summed E-state index contributed by atoms with van der Waals surface area (Å²) in [5.74, 6) is -0.723. The molecule has 0 bridgehead atoms. The number of anilines is 1. The number of amides is 1. The summed E-state index contributed by atoms with van der Waals surface area (Å²) in [5.41, 5.74) is -0.545. The number of rotatable bonds is 5. The Morgan fingerprint density at radius 3 is 2.33 bits per heavy atom. The molecule has 0 aliphatic carbocycles. The quantitative estimate of drug-likeness (QED) is 0.373. The van der Waals surface area contributed by atoms with Crippen molar-refractivity contribution < 1.29 is 22.7 Å². The third-order valence-corrected chi connectivity index (χ3v) is 4.63. The SMILES string of the molecule is O=C(Nc1ccccc1)c1nnc(-c2cccc(C(F)(F)F)c2)nc1Oc1ccc(Cl)cc1. The lowest BCUT2D eigenvalue weighted by Gasteiger charge is -2.12. The highest BCUT2D eigenvalue weighted by Gasteiger charge is 2.31. The van der Waals surface area contributed by atoms with Gasteiger partial charge in [0.05, 0.1) is 5.56 Å². The zero-order valence-electron chi connectivity index (χ0n) is 16.7. The van der Waals surface area contributed by atoms with Gasteiger partial charge < -0.3 is 10.1 Å². The van der Waals surface area contributed by atoms with Crippen LogP contribution < -0.4 is 10.1 Å². The summed E-state index contributed by atoms with van der Waals surface area (Å²) in [5, 5.41) is 10.9. The minimum atomic E-state index is -4.54. The standard InChI is InChI=1S/C23H14ClF3N4O2/c24-16-9-11-18(12-10-16)33-22-19(21(32)28-17-7-2-1-3-8-17)30-31-20(29-22)14-5-4-6-15(13-14)23(25,26)27/h1-13H,(H,28,32). The predicted molar refractivity (Wildman–Crippen MR) is 116 cm³/mol. The fourth-order valence-corrected chi connectivity index (χ4v) is 2.93. The molecule has 0 aliphatic heterocycles. The van der Waals surface area contributed by atoms with Gasteiger partial charge in [-0.05, 0) is 48.5 Å². The second-order valence-electron chi connectivity index (χ2n) is 6.74. The molecule has 4 aromatic rings. The van der Waals surface area contributed by atoms with Crippen molar-refractivity contribution in [3.8, 4) is 23.0 Å². The lowest BCUT2D eigenvalue weighted by atomic mass is 10.1. The van der Waals surface area contributed by atoms with E-state index in [-0.39, 0.29) is 23.0 Å². The van der Waals surface area contributed by atoms with Crippen molar-refractivity contribution in [2.75, 3.05) is 5.32 Å². The predicted octanol–water partition coefficient (Wildman–Crippen LogP) is 6.26. The van der Waals surface area contributed by atoms with Crippen LogP contribution in [0.1, 0.15) is 16.1 Å². The first-order chi connectivity index (χ1) is 15.8. The zero-order valence-corrected chi connectivity index (χ0v) is 17.4. The van der Waals surface area contributed by atoms with Crippen molar-refractivity contribution in [1.82, 2.24) is 15.2 Å². The van der Waals surface area contributed by atoms with E-state index in [2.05, 4.69) is 20.5 Å². The molecular weight excluding hydrogens is 457 g/mol. The first-order valence-electron chi connectivity index (χ1n) is 9.52. The van der Waals surface area contributed by atoms with E-state index >= 15 is 0 Å². The topological polar surface area (TPSA) is 77.0 Å². The molecule has 10 heteroatoms. The molecule has 0 saturated carbocycles. The van der Waals surface area contributed by atoms with Crippen LogP contribution in [0, 0.1) is 0 Å². The fraction of sp³-hybridized carbons (Fsp3) is 0.0435. The minimum absolute atomic E-state index is 0.0632. The molecule has 0 fully saturated rings. The Labute approximate surface area is 191 Å². The van der Waals surface area contributed by atoms with E-state index in [0.29, 0.717) is 16.5 Å². The van der Waals surface area contributed by atoms with Gasteiger partial charge in [-0.2, -0.15) is 18.2 Å². The molecule has 0 aliphatic rings. The van der Waals surface area contributed by atoms with E-state index < -0.39 is 17.6 Å². The van der Waals surface area contributed by atoms with Gasteiger partial charge in [-0.25, -0.2) is 0 Å². The number of benzene rings is 3. The normalized spacial score (nSPS) is 11.2. The van der Waals surface area contributed by atoms with Crippen LogP contribution in [0.15, 0.2) is 78.9 Å². The van der Waals surface area contributed by atoms with Gasteiger partial charge in [0.15, 0.2) is 5.82 Å². The highest BCUT2D eigenvalue weighted by atomic mass is 35.5. The van der Waals surface area contributed by atoms with Gasteiger partial charge in [0.1, 0.15) is 5.75 Å². The summed E-state index contributed by atoms with van der Waals surface area (Å²) in [6.07, 6.45) is -4.54. The zero-order chi connectivity index (χ0) is 23.4. The van der Waals surface area contributed by atoms with E-state index in [1.54, 1.807) is 54.6 Å². The Morgan fingerprint density at radius 1 is 0.909 bits per heavy atom. The number of para-hydroxylation sites is 1. The number of ether oxygens (including phenoxy) is 1. The van der Waals surface area contributed by atoms with Crippen molar-refractivity contribution in [1.29, 1.82) is 0 Å². The molecular formula is C23H14ClF3N4O2. The second kappa shape index (κ2) is 9.25. The van der Waals surface area contributed by atoms with Crippen LogP contribution in [0.2, 0.25) is 5.02 Å². The van der Waals surface area contributed by atoms with Crippen LogP contribution in [-0.4, -0.2) is 21.1 Å². The van der Waals surface area contributed by atoms with E-state index in [4.69, 9.17) is 16.3 Å². The maximum Gasteiger partial charge on any atom is 0.416 e. The number of carbonyl (C=O) groups excluding carboxylic acids is 1. The third-order valence-electron chi connectivity index (χ3n) is 4.38. The lowest BCUT2D eigenvalue weighted by molar-refractivity contribution is -0.137. The largest absolute Gasteiger partial charge is 0.437 e. The maximum atomic E-state index is 13.1. The third kappa shape index (κ3) is 5.45. The number of hydrogen-bond acceptors (Lipinski definition) is 5.